The van der Waals surface area contributed by atoms with Crippen LogP contribution in [0.5, 0.6) is 0 Å². The van der Waals surface area contributed by atoms with Gasteiger partial charge >= 0.3 is 5.97 Å². The van der Waals surface area contributed by atoms with Crippen LogP contribution in [-0.4, -0.2) is 53.2 Å². The van der Waals surface area contributed by atoms with Crippen LogP contribution in [0.1, 0.15) is 50.8 Å². The Bertz CT molecular complexity index is 1180. The number of carboxylic acid groups (broad SMARTS) is 1. The zero-order valence-electron chi connectivity index (χ0n) is 19.9. The lowest BCUT2D eigenvalue weighted by molar-refractivity contribution is -0.139. The van der Waals surface area contributed by atoms with Crippen LogP contribution in [-0.2, 0) is 11.3 Å². The molecule has 0 fully saturated rings. The molecule has 0 saturated heterocycles. The number of carboxylic acids is 1. The highest BCUT2D eigenvalue weighted by Gasteiger charge is 2.19. The summed E-state index contributed by atoms with van der Waals surface area (Å²) in [5.74, 6) is -0.480. The predicted octanol–water partition coefficient (Wildman–Crippen LogP) is 3.97. The van der Waals surface area contributed by atoms with Crippen LogP contribution in [0.3, 0.4) is 0 Å². The Labute approximate surface area is 203 Å². The number of aliphatic hydroxyl groups excluding tert-OH is 2. The molecule has 4 N–H and O–H groups in total. The number of carbonyl (C=O) groups is 1. The van der Waals surface area contributed by atoms with Gasteiger partial charge in [-0.3, -0.25) is 4.79 Å². The Morgan fingerprint density at radius 3 is 2.51 bits per heavy atom. The Kier molecular flexibility index (Phi) is 8.67. The molecule has 0 aliphatic heterocycles. The number of halogens is 1. The third kappa shape index (κ3) is 6.93. The van der Waals surface area contributed by atoms with E-state index in [9.17, 15) is 19.4 Å². The molecule has 0 spiro atoms. The number of aryl methyl sites for hydroxylation is 1. The van der Waals surface area contributed by atoms with Gasteiger partial charge in [0.2, 0.25) is 5.95 Å². The molecule has 0 aliphatic carbocycles. The standard InChI is InChI=1S/C25H30FN5O4/c1-4-31-21(11-12-27-31)28-25-29-23(15(2)3)20(10-9-18(32)13-19(33)14-22(34)35)24(30-25)16-5-7-17(26)8-6-16/h5-12,15,18-19,32-33H,4,13-14H2,1-3H3,(H,34,35)(H,28,29,30)/b10-9+/t18-,19-/m1/s1. The summed E-state index contributed by atoms with van der Waals surface area (Å²) < 4.78 is 15.4. The van der Waals surface area contributed by atoms with Crippen molar-refractivity contribution in [1.82, 2.24) is 19.7 Å². The van der Waals surface area contributed by atoms with Crippen molar-refractivity contribution in [2.45, 2.75) is 58.3 Å². The van der Waals surface area contributed by atoms with Gasteiger partial charge in [0.25, 0.3) is 0 Å². The van der Waals surface area contributed by atoms with Gasteiger partial charge in [-0.25, -0.2) is 19.0 Å². The maximum absolute atomic E-state index is 13.6. The Hall–Kier alpha value is -3.63. The van der Waals surface area contributed by atoms with E-state index in [0.717, 1.165) is 5.82 Å². The van der Waals surface area contributed by atoms with E-state index in [1.54, 1.807) is 29.1 Å². The van der Waals surface area contributed by atoms with Crippen molar-refractivity contribution in [2.24, 2.45) is 0 Å². The van der Waals surface area contributed by atoms with Crippen LogP contribution in [0.2, 0.25) is 0 Å². The monoisotopic (exact) mass is 483 g/mol. The molecule has 186 valence electrons. The highest BCUT2D eigenvalue weighted by atomic mass is 19.1. The van der Waals surface area contributed by atoms with Gasteiger partial charge in [-0.15, -0.1) is 0 Å². The lowest BCUT2D eigenvalue weighted by Gasteiger charge is -2.17. The molecule has 3 rings (SSSR count). The van der Waals surface area contributed by atoms with Crippen molar-refractivity contribution < 1.29 is 24.5 Å². The molecule has 2 heterocycles. The maximum Gasteiger partial charge on any atom is 0.305 e. The van der Waals surface area contributed by atoms with Crippen molar-refractivity contribution in [2.75, 3.05) is 5.32 Å². The van der Waals surface area contributed by atoms with E-state index in [1.165, 1.54) is 18.2 Å². The quantitative estimate of drug-likeness (QED) is 0.322. The number of anilines is 2. The van der Waals surface area contributed by atoms with Gasteiger partial charge in [0.15, 0.2) is 0 Å². The Morgan fingerprint density at radius 1 is 1.17 bits per heavy atom. The second kappa shape index (κ2) is 11.7. The number of benzene rings is 1. The Balaban J connectivity index is 2.04. The average molecular weight is 484 g/mol. The summed E-state index contributed by atoms with van der Waals surface area (Å²) in [5.41, 5.74) is 2.51. The van der Waals surface area contributed by atoms with Crippen molar-refractivity contribution in [3.8, 4) is 11.3 Å². The zero-order valence-corrected chi connectivity index (χ0v) is 19.9. The fourth-order valence-corrected chi connectivity index (χ4v) is 3.63. The molecule has 35 heavy (non-hydrogen) atoms. The third-order valence-corrected chi connectivity index (χ3v) is 5.30. The normalized spacial score (nSPS) is 13.3. The van der Waals surface area contributed by atoms with E-state index >= 15 is 0 Å². The van der Waals surface area contributed by atoms with Gasteiger partial charge < -0.3 is 20.6 Å². The molecule has 0 amide bonds. The van der Waals surface area contributed by atoms with E-state index in [0.29, 0.717) is 35.0 Å². The van der Waals surface area contributed by atoms with Crippen molar-refractivity contribution >= 4 is 23.8 Å². The highest BCUT2D eigenvalue weighted by molar-refractivity contribution is 5.75. The molecule has 2 aromatic heterocycles. The summed E-state index contributed by atoms with van der Waals surface area (Å²) in [4.78, 5) is 20.2. The van der Waals surface area contributed by atoms with Crippen LogP contribution in [0, 0.1) is 5.82 Å². The number of aliphatic carboxylic acids is 1. The summed E-state index contributed by atoms with van der Waals surface area (Å²) in [6.07, 6.45) is 1.96. The van der Waals surface area contributed by atoms with Gasteiger partial charge in [-0.1, -0.05) is 26.0 Å². The molecule has 0 bridgehead atoms. The zero-order chi connectivity index (χ0) is 25.5. The SMILES string of the molecule is CCn1nccc1Nc1nc(-c2ccc(F)cc2)c(/C=C/[C@@H](O)C[C@@H](O)CC(=O)O)c(C(C)C)n1. The van der Waals surface area contributed by atoms with E-state index in [1.807, 2.05) is 26.8 Å². The van der Waals surface area contributed by atoms with Gasteiger partial charge in [0.1, 0.15) is 11.6 Å². The van der Waals surface area contributed by atoms with Crippen LogP contribution >= 0.6 is 0 Å². The van der Waals surface area contributed by atoms with Crippen LogP contribution in [0.25, 0.3) is 17.3 Å². The number of hydrogen-bond acceptors (Lipinski definition) is 7. The van der Waals surface area contributed by atoms with Crippen LogP contribution in [0.15, 0.2) is 42.6 Å². The fourth-order valence-electron chi connectivity index (χ4n) is 3.63. The first-order chi connectivity index (χ1) is 16.7. The lowest BCUT2D eigenvalue weighted by Crippen LogP contribution is -2.19. The molecule has 2 atom stereocenters. The van der Waals surface area contributed by atoms with E-state index in [-0.39, 0.29) is 18.2 Å². The summed E-state index contributed by atoms with van der Waals surface area (Å²) in [7, 11) is 0. The lowest BCUT2D eigenvalue weighted by atomic mass is 9.97. The number of nitrogens with one attached hydrogen (secondary N) is 1. The minimum Gasteiger partial charge on any atom is -0.481 e. The second-order valence-electron chi connectivity index (χ2n) is 8.43. The molecule has 0 radical (unpaired) electrons. The fraction of sp³-hybridized carbons (Fsp3) is 0.360. The molecular formula is C25H30FN5O4. The van der Waals surface area contributed by atoms with E-state index in [2.05, 4.69) is 10.4 Å². The van der Waals surface area contributed by atoms with Gasteiger partial charge in [-0.05, 0) is 37.1 Å². The van der Waals surface area contributed by atoms with Gasteiger partial charge in [0.05, 0.1) is 36.2 Å². The average Bonchev–Trinajstić information content (AvgIpc) is 3.24. The van der Waals surface area contributed by atoms with Crippen LogP contribution < -0.4 is 5.32 Å². The van der Waals surface area contributed by atoms with E-state index < -0.39 is 24.6 Å². The van der Waals surface area contributed by atoms with Crippen LogP contribution in [0.4, 0.5) is 16.2 Å². The summed E-state index contributed by atoms with van der Waals surface area (Å²) in [5, 5.41) is 36.5. The Morgan fingerprint density at radius 2 is 1.89 bits per heavy atom. The minimum absolute atomic E-state index is 0.0248. The number of aliphatic hydroxyl groups is 2. The summed E-state index contributed by atoms with van der Waals surface area (Å²) in [6, 6.07) is 7.73. The summed E-state index contributed by atoms with van der Waals surface area (Å²) in [6.45, 7) is 6.57. The third-order valence-electron chi connectivity index (χ3n) is 5.30. The number of aromatic nitrogens is 4. The molecule has 0 aliphatic rings. The van der Waals surface area contributed by atoms with Crippen molar-refractivity contribution in [3.05, 3.63) is 59.7 Å². The van der Waals surface area contributed by atoms with Crippen molar-refractivity contribution in [3.63, 3.8) is 0 Å². The molecule has 0 unspecified atom stereocenters. The van der Waals surface area contributed by atoms with Gasteiger partial charge in [-0.2, -0.15) is 5.10 Å². The number of hydrogen-bond donors (Lipinski definition) is 4. The highest BCUT2D eigenvalue weighted by Crippen LogP contribution is 2.31. The first-order valence-electron chi connectivity index (χ1n) is 11.4. The minimum atomic E-state index is -1.18. The summed E-state index contributed by atoms with van der Waals surface area (Å²) >= 11 is 0. The first-order valence-corrected chi connectivity index (χ1v) is 11.4. The molecule has 10 heteroatoms. The smallest absolute Gasteiger partial charge is 0.305 e. The molecular weight excluding hydrogens is 453 g/mol. The molecule has 1 aromatic carbocycles. The number of rotatable bonds is 11. The molecule has 9 nitrogen and oxygen atoms in total. The van der Waals surface area contributed by atoms with E-state index in [4.69, 9.17) is 15.1 Å². The van der Waals surface area contributed by atoms with Gasteiger partial charge in [0, 0.05) is 30.2 Å². The molecule has 0 saturated carbocycles. The van der Waals surface area contributed by atoms with Crippen molar-refractivity contribution in [1.29, 1.82) is 0 Å². The number of nitrogens with zero attached hydrogens (tertiary/aromatic N) is 4. The second-order valence-corrected chi connectivity index (χ2v) is 8.43. The maximum atomic E-state index is 13.6. The molecule has 3 aromatic rings. The first kappa shape index (κ1) is 26.0. The largest absolute Gasteiger partial charge is 0.481 e. The topological polar surface area (TPSA) is 133 Å². The predicted molar refractivity (Wildman–Crippen MR) is 131 cm³/mol.